The van der Waals surface area contributed by atoms with Gasteiger partial charge < -0.3 is 14.4 Å². The molecule has 7 heteroatoms. The van der Waals surface area contributed by atoms with Crippen molar-refractivity contribution < 1.29 is 23.9 Å². The monoisotopic (exact) mass is 476 g/mol. The van der Waals surface area contributed by atoms with E-state index >= 15 is 0 Å². The second kappa shape index (κ2) is 10.1. The molecular formula is C28H32N2O5. The second-order valence-corrected chi connectivity index (χ2v) is 9.68. The zero-order valence-corrected chi connectivity index (χ0v) is 20.1. The number of nitrogens with zero attached hydrogens (tertiary/aromatic N) is 2. The van der Waals surface area contributed by atoms with E-state index in [-0.39, 0.29) is 61.5 Å². The van der Waals surface area contributed by atoms with Gasteiger partial charge in [0.05, 0.1) is 25.3 Å². The molecule has 35 heavy (non-hydrogen) atoms. The molecular weight excluding hydrogens is 444 g/mol. The lowest BCUT2D eigenvalue weighted by Gasteiger charge is -2.47. The van der Waals surface area contributed by atoms with Gasteiger partial charge in [-0.3, -0.25) is 14.5 Å². The molecule has 7 nitrogen and oxygen atoms in total. The van der Waals surface area contributed by atoms with Crippen LogP contribution in [0.25, 0.3) is 0 Å². The summed E-state index contributed by atoms with van der Waals surface area (Å²) in [5.41, 5.74) is 2.76. The number of para-hydroxylation sites is 1. The highest BCUT2D eigenvalue weighted by Gasteiger charge is 2.51. The minimum Gasteiger partial charge on any atom is -0.469 e. The van der Waals surface area contributed by atoms with Gasteiger partial charge in [-0.1, -0.05) is 55.0 Å². The largest absolute Gasteiger partial charge is 0.469 e. The highest BCUT2D eigenvalue weighted by atomic mass is 16.6. The average molecular weight is 477 g/mol. The summed E-state index contributed by atoms with van der Waals surface area (Å²) in [6.07, 6.45) is 4.65. The van der Waals surface area contributed by atoms with Crippen LogP contribution in [-0.4, -0.2) is 42.1 Å². The number of carbonyl (C=O) groups excluding carboxylic acids is 3. The summed E-state index contributed by atoms with van der Waals surface area (Å²) >= 11 is 0. The Morgan fingerprint density at radius 1 is 0.943 bits per heavy atom. The molecule has 1 aliphatic heterocycles. The summed E-state index contributed by atoms with van der Waals surface area (Å²) in [5, 5.41) is 0. The maximum Gasteiger partial charge on any atom is 0.414 e. The quantitative estimate of drug-likeness (QED) is 0.526. The molecule has 2 aliphatic carbocycles. The topological polar surface area (TPSA) is 76.2 Å². The van der Waals surface area contributed by atoms with E-state index in [0.29, 0.717) is 0 Å². The molecule has 0 aromatic heterocycles. The molecule has 2 amide bonds. The normalized spacial score (nSPS) is 22.7. The third kappa shape index (κ3) is 4.77. The molecule has 1 heterocycles. The molecule has 3 aliphatic rings. The molecule has 2 saturated carbocycles. The number of rotatable bonds is 7. The Hall–Kier alpha value is -3.35. The van der Waals surface area contributed by atoms with Gasteiger partial charge in [-0.15, -0.1) is 0 Å². The molecule has 5 rings (SSSR count). The number of carbonyl (C=O) groups is 3. The standard InChI is InChI=1S/C28H32N2O5/c1-34-26(32)17-16-25(31)29(20-14-15-20)27-21-10-5-6-12-23(21)30(24-13-7-11-22(24)27)28(33)35-18-19-8-3-2-4-9-19/h2-6,8-10,12,20,22,24,27H,7,11,13-18H2,1H3/t22-,24+,27-/m0/s1. The highest BCUT2D eigenvalue weighted by Crippen LogP contribution is 2.52. The van der Waals surface area contributed by atoms with E-state index in [1.165, 1.54) is 7.11 Å². The fourth-order valence-corrected chi connectivity index (χ4v) is 5.78. The van der Waals surface area contributed by atoms with Gasteiger partial charge in [0.15, 0.2) is 0 Å². The number of hydrogen-bond donors (Lipinski definition) is 0. The van der Waals surface area contributed by atoms with Crippen LogP contribution < -0.4 is 4.90 Å². The van der Waals surface area contributed by atoms with Crippen LogP contribution >= 0.6 is 0 Å². The molecule has 3 atom stereocenters. The van der Waals surface area contributed by atoms with Crippen molar-refractivity contribution in [2.75, 3.05) is 12.0 Å². The van der Waals surface area contributed by atoms with Crippen LogP contribution in [0.3, 0.4) is 0 Å². The second-order valence-electron chi connectivity index (χ2n) is 9.68. The van der Waals surface area contributed by atoms with Crippen molar-refractivity contribution in [1.29, 1.82) is 0 Å². The van der Waals surface area contributed by atoms with Crippen molar-refractivity contribution in [3.63, 3.8) is 0 Å². The van der Waals surface area contributed by atoms with Gasteiger partial charge in [0.25, 0.3) is 0 Å². The van der Waals surface area contributed by atoms with E-state index in [2.05, 4.69) is 0 Å². The van der Waals surface area contributed by atoms with Crippen molar-refractivity contribution in [2.45, 2.75) is 69.7 Å². The summed E-state index contributed by atoms with van der Waals surface area (Å²) in [7, 11) is 1.34. The Balaban J connectivity index is 1.44. The molecule has 184 valence electrons. The van der Waals surface area contributed by atoms with Gasteiger partial charge in [-0.25, -0.2) is 4.79 Å². The summed E-state index contributed by atoms with van der Waals surface area (Å²) in [6.45, 7) is 0.222. The Kier molecular flexibility index (Phi) is 6.75. The SMILES string of the molecule is COC(=O)CCC(=O)N(C1CC1)[C@H]1c2ccccc2N(C(=O)OCc2ccccc2)[C@@H]2CCC[C@@H]21. The van der Waals surface area contributed by atoms with Crippen molar-refractivity contribution in [3.05, 3.63) is 65.7 Å². The number of anilines is 1. The first-order valence-electron chi connectivity index (χ1n) is 12.5. The molecule has 0 unspecified atom stereocenters. The van der Waals surface area contributed by atoms with E-state index < -0.39 is 0 Å². The van der Waals surface area contributed by atoms with Gasteiger partial charge >= 0.3 is 12.1 Å². The van der Waals surface area contributed by atoms with Gasteiger partial charge in [0.2, 0.25) is 5.91 Å². The van der Waals surface area contributed by atoms with Crippen LogP contribution in [0.15, 0.2) is 54.6 Å². The van der Waals surface area contributed by atoms with Crippen LogP contribution in [0, 0.1) is 5.92 Å². The first-order chi connectivity index (χ1) is 17.1. The third-order valence-electron chi connectivity index (χ3n) is 7.48. The number of esters is 1. The maximum absolute atomic E-state index is 13.4. The van der Waals surface area contributed by atoms with Gasteiger partial charge in [-0.2, -0.15) is 0 Å². The van der Waals surface area contributed by atoms with Crippen molar-refractivity contribution in [2.24, 2.45) is 5.92 Å². The number of amides is 2. The molecule has 2 fully saturated rings. The summed E-state index contributed by atoms with van der Waals surface area (Å²) in [5.74, 6) is -0.246. The van der Waals surface area contributed by atoms with E-state index in [0.717, 1.165) is 48.9 Å². The first kappa shape index (κ1) is 23.4. The van der Waals surface area contributed by atoms with Crippen LogP contribution in [-0.2, 0) is 25.7 Å². The van der Waals surface area contributed by atoms with Crippen LogP contribution in [0.1, 0.15) is 62.1 Å². The molecule has 0 N–H and O–H groups in total. The minimum atomic E-state index is -0.371. The summed E-state index contributed by atoms with van der Waals surface area (Å²) in [6, 6.07) is 17.7. The molecule has 0 spiro atoms. The van der Waals surface area contributed by atoms with Crippen molar-refractivity contribution >= 4 is 23.7 Å². The smallest absolute Gasteiger partial charge is 0.414 e. The number of benzene rings is 2. The predicted octanol–water partition coefficient (Wildman–Crippen LogP) is 5.00. The Bertz CT molecular complexity index is 1080. The first-order valence-corrected chi connectivity index (χ1v) is 12.5. The number of ether oxygens (including phenoxy) is 2. The fourth-order valence-electron chi connectivity index (χ4n) is 5.78. The van der Waals surface area contributed by atoms with Crippen LogP contribution in [0.2, 0.25) is 0 Å². The Labute approximate surface area is 206 Å². The zero-order chi connectivity index (χ0) is 24.4. The van der Waals surface area contributed by atoms with Gasteiger partial charge in [-0.05, 0) is 42.9 Å². The highest BCUT2D eigenvalue weighted by molar-refractivity contribution is 5.91. The summed E-state index contributed by atoms with van der Waals surface area (Å²) < 4.78 is 10.5. The van der Waals surface area contributed by atoms with Gasteiger partial charge in [0.1, 0.15) is 6.61 Å². The predicted molar refractivity (Wildman–Crippen MR) is 131 cm³/mol. The zero-order valence-electron chi connectivity index (χ0n) is 20.1. The van der Waals surface area contributed by atoms with Gasteiger partial charge in [0, 0.05) is 24.4 Å². The van der Waals surface area contributed by atoms with E-state index in [1.807, 2.05) is 64.4 Å². The number of fused-ring (bicyclic) bond motifs is 2. The lowest BCUT2D eigenvalue weighted by molar-refractivity contribution is -0.145. The molecule has 2 aromatic carbocycles. The maximum atomic E-state index is 13.4. The van der Waals surface area contributed by atoms with Crippen molar-refractivity contribution in [1.82, 2.24) is 4.90 Å². The van der Waals surface area contributed by atoms with E-state index in [4.69, 9.17) is 9.47 Å². The van der Waals surface area contributed by atoms with Crippen molar-refractivity contribution in [3.8, 4) is 0 Å². The van der Waals surface area contributed by atoms with E-state index in [9.17, 15) is 14.4 Å². The number of methoxy groups -OCH3 is 1. The lowest BCUT2D eigenvalue weighted by atomic mass is 9.81. The average Bonchev–Trinajstić information content (AvgIpc) is 3.61. The van der Waals surface area contributed by atoms with E-state index in [1.54, 1.807) is 0 Å². The van der Waals surface area contributed by atoms with Crippen LogP contribution in [0.4, 0.5) is 10.5 Å². The molecule has 0 bridgehead atoms. The molecule has 0 radical (unpaired) electrons. The van der Waals surface area contributed by atoms with Crippen LogP contribution in [0.5, 0.6) is 0 Å². The molecule has 0 saturated heterocycles. The minimum absolute atomic E-state index is 0.0107. The summed E-state index contributed by atoms with van der Waals surface area (Å²) in [4.78, 5) is 42.4. The molecule has 2 aromatic rings. The Morgan fingerprint density at radius 2 is 1.69 bits per heavy atom. The Morgan fingerprint density at radius 3 is 2.43 bits per heavy atom. The third-order valence-corrected chi connectivity index (χ3v) is 7.48. The fraction of sp³-hybridized carbons (Fsp3) is 0.464. The number of hydrogen-bond acceptors (Lipinski definition) is 5. The lowest BCUT2D eigenvalue weighted by Crippen LogP contribution is -2.53.